The van der Waals surface area contributed by atoms with E-state index < -0.39 is 20.2 Å². The summed E-state index contributed by atoms with van der Waals surface area (Å²) in [5, 5.41) is 0.109. The average molecular weight is 343 g/mol. The fraction of sp³-hybridized carbons (Fsp3) is 0.824. The van der Waals surface area contributed by atoms with Crippen molar-refractivity contribution < 1.29 is 23.4 Å². The average Bonchev–Trinajstić information content (AvgIpc) is 2.66. The van der Waals surface area contributed by atoms with Crippen LogP contribution in [0.3, 0.4) is 0 Å². The number of carbonyl (C=O) groups excluding carboxylic acids is 1. The van der Waals surface area contributed by atoms with Gasteiger partial charge in [0.15, 0.2) is 14.1 Å². The Morgan fingerprint density at radius 1 is 1.09 bits per heavy atom. The normalized spacial score (nSPS) is 33.4. The van der Waals surface area contributed by atoms with Crippen molar-refractivity contribution in [3.05, 3.63) is 12.2 Å². The Hall–Kier alpha value is -0.693. The van der Waals surface area contributed by atoms with E-state index in [9.17, 15) is 4.79 Å². The lowest BCUT2D eigenvalue weighted by molar-refractivity contribution is -0.165. The fourth-order valence-electron chi connectivity index (χ4n) is 2.68. The van der Waals surface area contributed by atoms with E-state index in [4.69, 9.17) is 18.6 Å². The van der Waals surface area contributed by atoms with Crippen LogP contribution in [0.15, 0.2) is 12.2 Å². The van der Waals surface area contributed by atoms with Gasteiger partial charge in [-0.1, -0.05) is 26.8 Å². The molecule has 0 spiro atoms. The summed E-state index contributed by atoms with van der Waals surface area (Å²) >= 11 is 0. The molecule has 2 aliphatic rings. The molecule has 0 aromatic heterocycles. The van der Waals surface area contributed by atoms with Crippen LogP contribution in [0.1, 0.15) is 41.5 Å². The molecular weight excluding hydrogens is 312 g/mol. The first kappa shape index (κ1) is 18.6. The Morgan fingerprint density at radius 2 is 1.57 bits per heavy atom. The lowest BCUT2D eigenvalue weighted by Gasteiger charge is -2.42. The van der Waals surface area contributed by atoms with Crippen LogP contribution in [0.2, 0.25) is 18.1 Å². The first-order chi connectivity index (χ1) is 10.3. The molecule has 0 unspecified atom stereocenters. The number of rotatable bonds is 3. The summed E-state index contributed by atoms with van der Waals surface area (Å²) in [6.07, 6.45) is 2.60. The molecule has 4 atom stereocenters. The van der Waals surface area contributed by atoms with Crippen LogP contribution in [0.25, 0.3) is 0 Å². The highest BCUT2D eigenvalue weighted by molar-refractivity contribution is 6.74. The number of fused-ring (bicyclic) bond motifs is 1. The van der Waals surface area contributed by atoms with Crippen molar-refractivity contribution >= 4 is 14.3 Å². The van der Waals surface area contributed by atoms with Gasteiger partial charge in [-0.2, -0.15) is 0 Å². The molecule has 6 heteroatoms. The molecule has 0 saturated carbocycles. The van der Waals surface area contributed by atoms with Gasteiger partial charge in [-0.15, -0.1) is 0 Å². The van der Waals surface area contributed by atoms with Crippen LogP contribution in [-0.2, 0) is 23.4 Å². The van der Waals surface area contributed by atoms with Gasteiger partial charge in [0.05, 0.1) is 6.10 Å². The molecule has 132 valence electrons. The van der Waals surface area contributed by atoms with Gasteiger partial charge in [-0.05, 0) is 38.1 Å². The molecule has 0 amide bonds. The zero-order valence-electron chi connectivity index (χ0n) is 15.5. The molecule has 2 rings (SSSR count). The lowest BCUT2D eigenvalue weighted by atomic mass is 9.96. The number of ether oxygens (including phenoxy) is 3. The summed E-state index contributed by atoms with van der Waals surface area (Å²) in [6.45, 7) is 16.2. The van der Waals surface area contributed by atoms with Crippen LogP contribution in [0, 0.1) is 0 Å². The van der Waals surface area contributed by atoms with Crippen LogP contribution < -0.4 is 0 Å². The highest BCUT2D eigenvalue weighted by Crippen LogP contribution is 2.42. The van der Waals surface area contributed by atoms with E-state index in [-0.39, 0.29) is 29.3 Å². The number of hydrogen-bond acceptors (Lipinski definition) is 5. The van der Waals surface area contributed by atoms with Crippen LogP contribution >= 0.6 is 0 Å². The summed E-state index contributed by atoms with van der Waals surface area (Å²) in [5.74, 6) is -1.04. The second-order valence-electron chi connectivity index (χ2n) is 8.37. The molecule has 0 N–H and O–H groups in total. The highest BCUT2D eigenvalue weighted by atomic mass is 28.4. The highest BCUT2D eigenvalue weighted by Gasteiger charge is 2.52. The second-order valence-corrected chi connectivity index (χ2v) is 13.1. The molecule has 1 aliphatic heterocycles. The third kappa shape index (κ3) is 4.05. The van der Waals surface area contributed by atoms with Gasteiger partial charge >= 0.3 is 5.97 Å². The largest absolute Gasteiger partial charge is 0.455 e. The smallest absolute Gasteiger partial charge is 0.303 e. The number of esters is 1. The Balaban J connectivity index is 2.23. The van der Waals surface area contributed by atoms with Gasteiger partial charge in [0.1, 0.15) is 18.3 Å². The van der Waals surface area contributed by atoms with E-state index in [1.54, 1.807) is 0 Å². The van der Waals surface area contributed by atoms with Crippen molar-refractivity contribution in [3.63, 3.8) is 0 Å². The van der Waals surface area contributed by atoms with Crippen molar-refractivity contribution in [2.75, 3.05) is 0 Å². The van der Waals surface area contributed by atoms with E-state index in [0.29, 0.717) is 0 Å². The minimum Gasteiger partial charge on any atom is -0.455 e. The third-order valence-corrected chi connectivity index (χ3v) is 9.31. The van der Waals surface area contributed by atoms with Gasteiger partial charge in [0.25, 0.3) is 0 Å². The predicted octanol–water partition coefficient (Wildman–Crippen LogP) is 3.40. The molecule has 1 saturated heterocycles. The third-order valence-electron chi connectivity index (χ3n) is 4.84. The molecule has 1 fully saturated rings. The summed E-state index contributed by atoms with van der Waals surface area (Å²) in [5.41, 5.74) is 0. The van der Waals surface area contributed by atoms with E-state index in [1.807, 2.05) is 26.0 Å². The lowest BCUT2D eigenvalue weighted by Crippen LogP contribution is -2.52. The molecule has 0 aromatic rings. The summed E-state index contributed by atoms with van der Waals surface area (Å²) in [7, 11) is -1.95. The van der Waals surface area contributed by atoms with E-state index in [2.05, 4.69) is 33.9 Å². The van der Waals surface area contributed by atoms with Crippen LogP contribution in [-0.4, -0.2) is 44.5 Å². The van der Waals surface area contributed by atoms with Gasteiger partial charge in [0.2, 0.25) is 0 Å². The molecule has 5 nitrogen and oxygen atoms in total. The van der Waals surface area contributed by atoms with E-state index in [1.165, 1.54) is 6.92 Å². The second kappa shape index (κ2) is 5.99. The van der Waals surface area contributed by atoms with Crippen molar-refractivity contribution in [3.8, 4) is 0 Å². The zero-order valence-corrected chi connectivity index (χ0v) is 16.5. The Labute approximate surface area is 140 Å². The monoisotopic (exact) mass is 342 g/mol. The molecule has 23 heavy (non-hydrogen) atoms. The summed E-state index contributed by atoms with van der Waals surface area (Å²) in [4.78, 5) is 11.3. The number of hydrogen-bond donors (Lipinski definition) is 0. The van der Waals surface area contributed by atoms with Crippen LogP contribution in [0.5, 0.6) is 0 Å². The molecule has 0 bridgehead atoms. The maximum Gasteiger partial charge on any atom is 0.303 e. The predicted molar refractivity (Wildman–Crippen MR) is 90.6 cm³/mol. The SMILES string of the molecule is CC(=O)O[C@H]1C=C[C@@H](O[Si](C)(C)C(C)(C)C)[C@@H]2OC(C)(C)O[C@@H]21. The molecule has 1 heterocycles. The van der Waals surface area contributed by atoms with E-state index in [0.717, 1.165) is 0 Å². The first-order valence-corrected chi connectivity index (χ1v) is 11.1. The van der Waals surface area contributed by atoms with Crippen molar-refractivity contribution in [1.82, 2.24) is 0 Å². The van der Waals surface area contributed by atoms with Crippen molar-refractivity contribution in [2.45, 2.75) is 89.9 Å². The van der Waals surface area contributed by atoms with Gasteiger partial charge in [-0.25, -0.2) is 0 Å². The standard InChI is InChI=1S/C17H30O5Si/c1-11(18)19-12-9-10-13(22-23(7,8)16(2,3)4)15-14(12)20-17(5,6)21-15/h9-10,12-15H,1-8H3/t12-,13+,14+,15-/m0/s1. The first-order valence-electron chi connectivity index (χ1n) is 8.21. The van der Waals surface area contributed by atoms with Gasteiger partial charge < -0.3 is 18.6 Å². The maximum atomic E-state index is 11.3. The summed E-state index contributed by atoms with van der Waals surface area (Å²) < 4.78 is 23.9. The Kier molecular flexibility index (Phi) is 4.85. The van der Waals surface area contributed by atoms with Crippen molar-refractivity contribution in [2.24, 2.45) is 0 Å². The molecule has 1 aliphatic carbocycles. The topological polar surface area (TPSA) is 54.0 Å². The molecule has 0 aromatic carbocycles. The summed E-state index contributed by atoms with van der Waals surface area (Å²) in [6, 6.07) is 0. The van der Waals surface area contributed by atoms with Gasteiger partial charge in [-0.3, -0.25) is 4.79 Å². The van der Waals surface area contributed by atoms with Crippen LogP contribution in [0.4, 0.5) is 0 Å². The minimum atomic E-state index is -1.95. The quantitative estimate of drug-likeness (QED) is 0.447. The minimum absolute atomic E-state index is 0.109. The van der Waals surface area contributed by atoms with E-state index >= 15 is 0 Å². The Morgan fingerprint density at radius 3 is 2.04 bits per heavy atom. The fourth-order valence-corrected chi connectivity index (χ4v) is 3.93. The maximum absolute atomic E-state index is 11.3. The van der Waals surface area contributed by atoms with Crippen molar-refractivity contribution in [1.29, 1.82) is 0 Å². The van der Waals surface area contributed by atoms with Gasteiger partial charge in [0, 0.05) is 6.92 Å². The molecule has 0 radical (unpaired) electrons. The molecular formula is C17H30O5Si. The number of carbonyl (C=O) groups is 1. The zero-order chi connectivity index (χ0) is 17.6. The Bertz CT molecular complexity index is 492.